The molecule has 0 aliphatic heterocycles. The van der Waals surface area contributed by atoms with Crippen LogP contribution in [0.2, 0.25) is 5.02 Å². The highest BCUT2D eigenvalue weighted by atomic mass is 35.5. The van der Waals surface area contributed by atoms with E-state index in [4.69, 9.17) is 11.6 Å². The monoisotopic (exact) mass is 289 g/mol. The van der Waals surface area contributed by atoms with Crippen molar-refractivity contribution in [3.63, 3.8) is 0 Å². The van der Waals surface area contributed by atoms with Crippen molar-refractivity contribution in [1.82, 2.24) is 15.1 Å². The summed E-state index contributed by atoms with van der Waals surface area (Å²) in [4.78, 5) is 0. The topological polar surface area (TPSA) is 29.9 Å². The van der Waals surface area contributed by atoms with Crippen molar-refractivity contribution in [2.75, 3.05) is 11.5 Å². The molecule has 0 radical (unpaired) electrons. The van der Waals surface area contributed by atoms with Gasteiger partial charge in [0.05, 0.1) is 16.4 Å². The van der Waals surface area contributed by atoms with Gasteiger partial charge in [0.15, 0.2) is 0 Å². The summed E-state index contributed by atoms with van der Waals surface area (Å²) in [5, 5.41) is 8.76. The average molecular weight is 290 g/mol. The number of nitrogens with zero attached hydrogens (tertiary/aromatic N) is 2. The van der Waals surface area contributed by atoms with Gasteiger partial charge in [0.1, 0.15) is 0 Å². The van der Waals surface area contributed by atoms with Gasteiger partial charge < -0.3 is 5.32 Å². The fraction of sp³-hybridized carbons (Fsp3) is 0.769. The third kappa shape index (κ3) is 4.48. The molecule has 0 bridgehead atoms. The molecule has 104 valence electrons. The number of thioether (sulfide) groups is 1. The zero-order chi connectivity index (χ0) is 13.5. The molecule has 1 atom stereocenters. The Hall–Kier alpha value is -0.190. The minimum absolute atomic E-state index is 0.514. The molecule has 1 heterocycles. The highest BCUT2D eigenvalue weighted by molar-refractivity contribution is 7.99. The fourth-order valence-corrected chi connectivity index (χ4v) is 2.83. The molecular weight excluding hydrogens is 266 g/mol. The Morgan fingerprint density at radius 3 is 2.78 bits per heavy atom. The maximum absolute atomic E-state index is 6.28. The number of nitrogens with one attached hydrogen (secondary N) is 1. The summed E-state index contributed by atoms with van der Waals surface area (Å²) < 4.78 is 1.98. The van der Waals surface area contributed by atoms with Crippen LogP contribution < -0.4 is 5.32 Å². The number of halogens is 1. The van der Waals surface area contributed by atoms with Gasteiger partial charge in [-0.05, 0) is 38.7 Å². The van der Waals surface area contributed by atoms with Gasteiger partial charge in [-0.3, -0.25) is 4.68 Å². The quantitative estimate of drug-likeness (QED) is 0.743. The molecule has 0 saturated heterocycles. The standard InChI is InChI=1S/C13H24ClN3S/c1-5-17-12(13(14)11(4)16-17)9-15-10(3)7-8-18-6-2/h10,15H,5-9H2,1-4H3. The molecule has 0 spiro atoms. The zero-order valence-corrected chi connectivity index (χ0v) is 13.4. The van der Waals surface area contributed by atoms with E-state index < -0.39 is 0 Å². The lowest BCUT2D eigenvalue weighted by Gasteiger charge is -2.14. The predicted octanol–water partition coefficient (Wildman–Crippen LogP) is 3.49. The maximum Gasteiger partial charge on any atom is 0.0860 e. The molecular formula is C13H24ClN3S. The second kappa shape index (κ2) is 8.08. The lowest BCUT2D eigenvalue weighted by Crippen LogP contribution is -2.27. The molecule has 5 heteroatoms. The van der Waals surface area contributed by atoms with E-state index in [1.807, 2.05) is 23.4 Å². The van der Waals surface area contributed by atoms with Gasteiger partial charge >= 0.3 is 0 Å². The number of rotatable bonds is 8. The Morgan fingerprint density at radius 2 is 2.17 bits per heavy atom. The lowest BCUT2D eigenvalue weighted by atomic mass is 10.2. The van der Waals surface area contributed by atoms with Gasteiger partial charge in [0.25, 0.3) is 0 Å². The molecule has 0 aromatic carbocycles. The van der Waals surface area contributed by atoms with Crippen LogP contribution in [0.1, 0.15) is 38.6 Å². The van der Waals surface area contributed by atoms with E-state index >= 15 is 0 Å². The smallest absolute Gasteiger partial charge is 0.0860 e. The van der Waals surface area contributed by atoms with Gasteiger partial charge in [-0.2, -0.15) is 16.9 Å². The van der Waals surface area contributed by atoms with Gasteiger partial charge in [-0.1, -0.05) is 18.5 Å². The third-order valence-electron chi connectivity index (χ3n) is 2.97. The van der Waals surface area contributed by atoms with Crippen molar-refractivity contribution in [1.29, 1.82) is 0 Å². The van der Waals surface area contributed by atoms with Crippen molar-refractivity contribution in [2.24, 2.45) is 0 Å². The van der Waals surface area contributed by atoms with E-state index in [0.29, 0.717) is 6.04 Å². The van der Waals surface area contributed by atoms with Crippen LogP contribution in [0.15, 0.2) is 0 Å². The molecule has 3 nitrogen and oxygen atoms in total. The summed E-state index contributed by atoms with van der Waals surface area (Å²) in [6.07, 6.45) is 1.19. The molecule has 0 amide bonds. The van der Waals surface area contributed by atoms with Gasteiger partial charge in [-0.15, -0.1) is 0 Å². The normalized spacial score (nSPS) is 12.9. The second-order valence-electron chi connectivity index (χ2n) is 4.43. The summed E-state index contributed by atoms with van der Waals surface area (Å²) >= 11 is 8.26. The molecule has 1 aromatic heterocycles. The zero-order valence-electron chi connectivity index (χ0n) is 11.8. The van der Waals surface area contributed by atoms with Crippen LogP contribution in [0.25, 0.3) is 0 Å². The lowest BCUT2D eigenvalue weighted by molar-refractivity contribution is 0.508. The van der Waals surface area contributed by atoms with Crippen molar-refractivity contribution in [2.45, 2.75) is 53.2 Å². The van der Waals surface area contributed by atoms with Crippen molar-refractivity contribution < 1.29 is 0 Å². The summed E-state index contributed by atoms with van der Waals surface area (Å²) in [5.41, 5.74) is 2.02. The molecule has 1 rings (SSSR count). The Kier molecular flexibility index (Phi) is 7.12. The highest BCUT2D eigenvalue weighted by Crippen LogP contribution is 2.20. The van der Waals surface area contributed by atoms with Crippen LogP contribution in [0, 0.1) is 6.92 Å². The maximum atomic E-state index is 6.28. The first-order valence-corrected chi connectivity index (χ1v) is 8.16. The van der Waals surface area contributed by atoms with E-state index in [-0.39, 0.29) is 0 Å². The van der Waals surface area contributed by atoms with E-state index in [1.165, 1.54) is 17.9 Å². The number of hydrogen-bond donors (Lipinski definition) is 1. The van der Waals surface area contributed by atoms with Crippen LogP contribution in [-0.2, 0) is 13.1 Å². The molecule has 0 saturated carbocycles. The molecule has 0 aliphatic rings. The summed E-state index contributed by atoms with van der Waals surface area (Å²) in [7, 11) is 0. The second-order valence-corrected chi connectivity index (χ2v) is 6.20. The van der Waals surface area contributed by atoms with Gasteiger partial charge in [0, 0.05) is 19.1 Å². The Bertz CT molecular complexity index is 365. The fourth-order valence-electron chi connectivity index (χ4n) is 1.82. The van der Waals surface area contributed by atoms with Crippen molar-refractivity contribution >= 4 is 23.4 Å². The van der Waals surface area contributed by atoms with Crippen LogP contribution in [0.5, 0.6) is 0 Å². The number of aromatic nitrogens is 2. The van der Waals surface area contributed by atoms with E-state index in [9.17, 15) is 0 Å². The minimum atomic E-state index is 0.514. The number of hydrogen-bond acceptors (Lipinski definition) is 3. The molecule has 18 heavy (non-hydrogen) atoms. The van der Waals surface area contributed by atoms with Gasteiger partial charge in [-0.25, -0.2) is 0 Å². The van der Waals surface area contributed by atoms with Crippen LogP contribution in [0.3, 0.4) is 0 Å². The predicted molar refractivity (Wildman–Crippen MR) is 81.6 cm³/mol. The summed E-state index contributed by atoms with van der Waals surface area (Å²) in [6.45, 7) is 10.1. The van der Waals surface area contributed by atoms with Crippen LogP contribution in [-0.4, -0.2) is 27.3 Å². The first-order chi connectivity index (χ1) is 8.60. The third-order valence-corrected chi connectivity index (χ3v) is 4.39. The van der Waals surface area contributed by atoms with E-state index in [0.717, 1.165) is 29.5 Å². The molecule has 1 aromatic rings. The summed E-state index contributed by atoms with van der Waals surface area (Å²) in [5.74, 6) is 2.41. The average Bonchev–Trinajstić information content (AvgIpc) is 2.63. The van der Waals surface area contributed by atoms with Crippen molar-refractivity contribution in [3.05, 3.63) is 16.4 Å². The largest absolute Gasteiger partial charge is 0.309 e. The van der Waals surface area contributed by atoms with Crippen molar-refractivity contribution in [3.8, 4) is 0 Å². The molecule has 0 aliphatic carbocycles. The Morgan fingerprint density at radius 1 is 1.44 bits per heavy atom. The first-order valence-electron chi connectivity index (χ1n) is 6.63. The Balaban J connectivity index is 2.47. The Labute approximate surface area is 120 Å². The van der Waals surface area contributed by atoms with Gasteiger partial charge in [0.2, 0.25) is 0 Å². The van der Waals surface area contributed by atoms with Crippen LogP contribution >= 0.6 is 23.4 Å². The highest BCUT2D eigenvalue weighted by Gasteiger charge is 2.12. The van der Waals surface area contributed by atoms with E-state index in [1.54, 1.807) is 0 Å². The molecule has 1 N–H and O–H groups in total. The van der Waals surface area contributed by atoms with E-state index in [2.05, 4.69) is 31.2 Å². The minimum Gasteiger partial charge on any atom is -0.309 e. The number of aryl methyl sites for hydroxylation is 2. The molecule has 0 fully saturated rings. The van der Waals surface area contributed by atoms with Crippen LogP contribution in [0.4, 0.5) is 0 Å². The molecule has 1 unspecified atom stereocenters. The summed E-state index contributed by atoms with van der Waals surface area (Å²) in [6, 6.07) is 0.514. The SMILES string of the molecule is CCSCCC(C)NCc1c(Cl)c(C)nn1CC. The first kappa shape index (κ1) is 15.9.